The fourth-order valence-electron chi connectivity index (χ4n) is 2.45. The first-order chi connectivity index (χ1) is 9.69. The molecule has 0 bridgehead atoms. The van der Waals surface area contributed by atoms with E-state index >= 15 is 0 Å². The van der Waals surface area contributed by atoms with Gasteiger partial charge in [-0.3, -0.25) is 4.98 Å². The normalized spacial score (nSPS) is 19.6. The first-order valence-corrected chi connectivity index (χ1v) is 8.76. The minimum atomic E-state index is 0.683. The van der Waals surface area contributed by atoms with Gasteiger partial charge >= 0.3 is 0 Å². The predicted octanol–water partition coefficient (Wildman–Crippen LogP) is 3.16. The highest BCUT2D eigenvalue weighted by molar-refractivity contribution is 8.00. The molecule has 2 rings (SSSR count). The standard InChI is InChI=1S/C16H27N3S/c1-4-16-12-19(7-8-20-16)15-5-6-18-14(9-15)11-17-10-13(2)3/h5-6,9,13,16-17H,4,7-8,10-12H2,1-3H3. The van der Waals surface area contributed by atoms with E-state index in [1.165, 1.54) is 24.4 Å². The SMILES string of the molecule is CCC1CN(c2ccnc(CNCC(C)C)c2)CCS1. The van der Waals surface area contributed by atoms with E-state index in [1.54, 1.807) is 0 Å². The Balaban J connectivity index is 1.94. The summed E-state index contributed by atoms with van der Waals surface area (Å²) in [5, 5.41) is 4.24. The van der Waals surface area contributed by atoms with Crippen LogP contribution in [0, 0.1) is 5.92 Å². The number of aromatic nitrogens is 1. The monoisotopic (exact) mass is 293 g/mol. The Kier molecular flexibility index (Phi) is 6.17. The molecule has 1 aromatic heterocycles. The van der Waals surface area contributed by atoms with Crippen molar-refractivity contribution in [2.45, 2.75) is 39.0 Å². The maximum atomic E-state index is 4.48. The van der Waals surface area contributed by atoms with Gasteiger partial charge in [0.15, 0.2) is 0 Å². The van der Waals surface area contributed by atoms with E-state index in [9.17, 15) is 0 Å². The van der Waals surface area contributed by atoms with Gasteiger partial charge < -0.3 is 10.2 Å². The molecule has 1 aliphatic rings. The van der Waals surface area contributed by atoms with Gasteiger partial charge in [0.25, 0.3) is 0 Å². The average molecular weight is 293 g/mol. The van der Waals surface area contributed by atoms with Gasteiger partial charge in [0, 0.05) is 42.5 Å². The van der Waals surface area contributed by atoms with Crippen LogP contribution >= 0.6 is 11.8 Å². The summed E-state index contributed by atoms with van der Waals surface area (Å²) in [7, 11) is 0. The molecule has 0 saturated carbocycles. The molecule has 3 nitrogen and oxygen atoms in total. The summed E-state index contributed by atoms with van der Waals surface area (Å²) in [5.74, 6) is 1.92. The minimum Gasteiger partial charge on any atom is -0.369 e. The first-order valence-electron chi connectivity index (χ1n) is 7.71. The molecule has 1 fully saturated rings. The number of hydrogen-bond acceptors (Lipinski definition) is 4. The molecule has 112 valence electrons. The second-order valence-corrected chi connectivity index (χ2v) is 7.29. The zero-order chi connectivity index (χ0) is 14.4. The topological polar surface area (TPSA) is 28.2 Å². The molecule has 2 heterocycles. The van der Waals surface area contributed by atoms with Gasteiger partial charge in [-0.15, -0.1) is 0 Å². The smallest absolute Gasteiger partial charge is 0.0562 e. The molecule has 1 aliphatic heterocycles. The number of hydrogen-bond donors (Lipinski definition) is 1. The van der Waals surface area contributed by atoms with Crippen LogP contribution in [0.2, 0.25) is 0 Å². The maximum Gasteiger partial charge on any atom is 0.0562 e. The number of thioether (sulfide) groups is 1. The van der Waals surface area contributed by atoms with Crippen molar-refractivity contribution in [2.75, 3.05) is 30.3 Å². The van der Waals surface area contributed by atoms with Crippen molar-refractivity contribution >= 4 is 17.4 Å². The summed E-state index contributed by atoms with van der Waals surface area (Å²) >= 11 is 2.11. The van der Waals surface area contributed by atoms with E-state index in [1.807, 2.05) is 6.20 Å². The summed E-state index contributed by atoms with van der Waals surface area (Å²) < 4.78 is 0. The number of anilines is 1. The number of pyridine rings is 1. The van der Waals surface area contributed by atoms with Crippen LogP contribution < -0.4 is 10.2 Å². The third-order valence-corrected chi connectivity index (χ3v) is 4.99. The van der Waals surface area contributed by atoms with Gasteiger partial charge in [-0.05, 0) is 31.0 Å². The Hall–Kier alpha value is -0.740. The highest BCUT2D eigenvalue weighted by Crippen LogP contribution is 2.25. The second kappa shape index (κ2) is 7.89. The second-order valence-electron chi connectivity index (χ2n) is 5.88. The van der Waals surface area contributed by atoms with Crippen LogP contribution in [0.15, 0.2) is 18.3 Å². The number of nitrogens with zero attached hydrogens (tertiary/aromatic N) is 2. The van der Waals surface area contributed by atoms with E-state index in [0.29, 0.717) is 5.92 Å². The maximum absolute atomic E-state index is 4.48. The molecular formula is C16H27N3S. The largest absolute Gasteiger partial charge is 0.369 e. The Morgan fingerprint density at radius 1 is 1.50 bits per heavy atom. The molecule has 1 N–H and O–H groups in total. The van der Waals surface area contributed by atoms with E-state index in [0.717, 1.165) is 30.6 Å². The third-order valence-electron chi connectivity index (χ3n) is 3.62. The molecule has 1 aromatic rings. The molecule has 1 atom stereocenters. The molecular weight excluding hydrogens is 266 g/mol. The van der Waals surface area contributed by atoms with Gasteiger partial charge in [0.2, 0.25) is 0 Å². The fourth-order valence-corrected chi connectivity index (χ4v) is 3.63. The Morgan fingerprint density at radius 3 is 3.10 bits per heavy atom. The summed E-state index contributed by atoms with van der Waals surface area (Å²) in [5.41, 5.74) is 2.48. The van der Waals surface area contributed by atoms with Crippen molar-refractivity contribution in [3.8, 4) is 0 Å². The number of rotatable bonds is 6. The lowest BCUT2D eigenvalue weighted by Crippen LogP contribution is -2.37. The van der Waals surface area contributed by atoms with Crippen molar-refractivity contribution in [2.24, 2.45) is 5.92 Å². The zero-order valence-corrected chi connectivity index (χ0v) is 13.7. The minimum absolute atomic E-state index is 0.683. The molecule has 0 aromatic carbocycles. The van der Waals surface area contributed by atoms with E-state index in [2.05, 4.69) is 59.9 Å². The van der Waals surface area contributed by atoms with Gasteiger partial charge in [0.1, 0.15) is 0 Å². The molecule has 0 spiro atoms. The summed E-state index contributed by atoms with van der Waals surface area (Å²) in [4.78, 5) is 6.99. The molecule has 4 heteroatoms. The highest BCUT2D eigenvalue weighted by Gasteiger charge is 2.19. The van der Waals surface area contributed by atoms with Crippen LogP contribution in [0.5, 0.6) is 0 Å². The van der Waals surface area contributed by atoms with E-state index in [4.69, 9.17) is 0 Å². The van der Waals surface area contributed by atoms with Crippen LogP contribution in [-0.2, 0) is 6.54 Å². The van der Waals surface area contributed by atoms with Crippen molar-refractivity contribution in [3.05, 3.63) is 24.0 Å². The molecule has 20 heavy (non-hydrogen) atoms. The zero-order valence-electron chi connectivity index (χ0n) is 12.9. The van der Waals surface area contributed by atoms with Crippen LogP contribution in [0.25, 0.3) is 0 Å². The highest BCUT2D eigenvalue weighted by atomic mass is 32.2. The average Bonchev–Trinajstić information content (AvgIpc) is 2.47. The third kappa shape index (κ3) is 4.67. The van der Waals surface area contributed by atoms with Crippen molar-refractivity contribution in [1.82, 2.24) is 10.3 Å². The molecule has 0 aliphatic carbocycles. The molecule has 1 saturated heterocycles. The van der Waals surface area contributed by atoms with E-state index in [-0.39, 0.29) is 0 Å². The fraction of sp³-hybridized carbons (Fsp3) is 0.688. The van der Waals surface area contributed by atoms with Crippen LogP contribution in [0.3, 0.4) is 0 Å². The summed E-state index contributed by atoms with van der Waals surface area (Å²) in [6.45, 7) is 11.0. The van der Waals surface area contributed by atoms with Crippen LogP contribution in [0.1, 0.15) is 32.9 Å². The van der Waals surface area contributed by atoms with Gasteiger partial charge in [0.05, 0.1) is 5.69 Å². The summed E-state index contributed by atoms with van der Waals surface area (Å²) in [6.07, 6.45) is 3.21. The molecule has 0 radical (unpaired) electrons. The Morgan fingerprint density at radius 2 is 2.35 bits per heavy atom. The van der Waals surface area contributed by atoms with Crippen LogP contribution in [0.4, 0.5) is 5.69 Å². The van der Waals surface area contributed by atoms with Gasteiger partial charge in [-0.1, -0.05) is 20.8 Å². The van der Waals surface area contributed by atoms with Gasteiger partial charge in [-0.25, -0.2) is 0 Å². The molecule has 0 amide bonds. The Bertz CT molecular complexity index is 408. The quantitative estimate of drug-likeness (QED) is 0.872. The first kappa shape index (κ1) is 15.6. The lowest BCUT2D eigenvalue weighted by Gasteiger charge is -2.33. The van der Waals surface area contributed by atoms with Gasteiger partial charge in [-0.2, -0.15) is 11.8 Å². The van der Waals surface area contributed by atoms with Crippen molar-refractivity contribution in [3.63, 3.8) is 0 Å². The molecule has 1 unspecified atom stereocenters. The van der Waals surface area contributed by atoms with Crippen LogP contribution in [-0.4, -0.2) is 35.6 Å². The van der Waals surface area contributed by atoms with Crippen molar-refractivity contribution in [1.29, 1.82) is 0 Å². The Labute approximate surface area is 127 Å². The number of nitrogens with one attached hydrogen (secondary N) is 1. The lowest BCUT2D eigenvalue weighted by molar-refractivity contribution is 0.548. The predicted molar refractivity (Wildman–Crippen MR) is 89.5 cm³/mol. The van der Waals surface area contributed by atoms with E-state index < -0.39 is 0 Å². The lowest BCUT2D eigenvalue weighted by atomic mass is 10.2. The summed E-state index contributed by atoms with van der Waals surface area (Å²) in [6, 6.07) is 4.39. The van der Waals surface area contributed by atoms with Crippen molar-refractivity contribution < 1.29 is 0 Å².